The van der Waals surface area contributed by atoms with Gasteiger partial charge in [0.15, 0.2) is 0 Å². The van der Waals surface area contributed by atoms with E-state index >= 15 is 0 Å². The van der Waals surface area contributed by atoms with Gasteiger partial charge < -0.3 is 14.2 Å². The predicted octanol–water partition coefficient (Wildman–Crippen LogP) is 2.99. The largest absolute Gasteiger partial charge is 0.467 e. The smallest absolute Gasteiger partial charge is 0.441 e. The van der Waals surface area contributed by atoms with Gasteiger partial charge in [-0.15, -0.1) is 16.4 Å². The van der Waals surface area contributed by atoms with Crippen molar-refractivity contribution in [2.24, 2.45) is 0 Å². The minimum Gasteiger partial charge on any atom is -0.467 e. The van der Waals surface area contributed by atoms with Gasteiger partial charge in [-0.3, -0.25) is 9.63 Å². The first-order chi connectivity index (χ1) is 12.3. The second kappa shape index (κ2) is 8.77. The van der Waals surface area contributed by atoms with Crippen molar-refractivity contribution < 1.29 is 33.4 Å². The summed E-state index contributed by atoms with van der Waals surface area (Å²) in [6.07, 6.45) is -2.22. The quantitative estimate of drug-likeness (QED) is 0.310. The molecule has 152 valence electrons. The number of esters is 1. The third kappa shape index (κ3) is 6.89. The lowest BCUT2D eigenvalue weighted by Crippen LogP contribution is -2.41. The number of hydroxylamine groups is 1. The molecule has 1 aromatic rings. The molecule has 0 saturated heterocycles. The number of rotatable bonds is 6. The van der Waals surface area contributed by atoms with Gasteiger partial charge >= 0.3 is 12.1 Å². The van der Waals surface area contributed by atoms with E-state index in [1.54, 1.807) is 41.5 Å². The van der Waals surface area contributed by atoms with Crippen LogP contribution >= 0.6 is 11.3 Å². The average molecular weight is 402 g/mol. The van der Waals surface area contributed by atoms with Crippen LogP contribution in [0.3, 0.4) is 0 Å². The number of Topliss-reactive ketones (excluding diaryl/α,β-unsaturated/α-hetero) is 1. The van der Waals surface area contributed by atoms with Crippen molar-refractivity contribution in [1.82, 2.24) is 4.98 Å². The zero-order valence-electron chi connectivity index (χ0n) is 16.8. The molecule has 0 saturated carbocycles. The van der Waals surface area contributed by atoms with Crippen LogP contribution in [0.15, 0.2) is 5.38 Å². The number of carbonyl (C=O) groups is 3. The molecule has 0 radical (unpaired) electrons. The number of ketones is 1. The van der Waals surface area contributed by atoms with Gasteiger partial charge in [0.25, 0.3) is 0 Å². The first kappa shape index (κ1) is 23.0. The van der Waals surface area contributed by atoms with Crippen LogP contribution < -0.4 is 5.06 Å². The number of hydrogen-bond donors (Lipinski definition) is 0. The van der Waals surface area contributed by atoms with Crippen molar-refractivity contribution in [1.29, 1.82) is 0 Å². The Bertz CT molecular complexity index is 688. The number of nitrogens with zero attached hydrogens (tertiary/aromatic N) is 2. The molecule has 1 amide bonds. The van der Waals surface area contributed by atoms with E-state index in [-0.39, 0.29) is 10.8 Å². The number of carbonyl (C=O) groups excluding carboxylic acids is 3. The first-order valence-corrected chi connectivity index (χ1v) is 8.99. The molecule has 10 heteroatoms. The molecule has 0 N–H and O–H groups in total. The molecule has 1 heterocycles. The van der Waals surface area contributed by atoms with Crippen molar-refractivity contribution in [3.05, 3.63) is 11.1 Å². The summed E-state index contributed by atoms with van der Waals surface area (Å²) in [6, 6.07) is 0. The van der Waals surface area contributed by atoms with E-state index in [1.807, 2.05) is 0 Å². The standard InChI is InChI=1S/C17H26N2O7S/c1-16(2,3)25-15(22)19(26-17(4,5)6)14-18-10(9-27-14)11(20)12(23-7)13(21)24-8/h9,12H,1-8H3. The molecule has 9 nitrogen and oxygen atoms in total. The molecule has 0 aromatic carbocycles. The van der Waals surface area contributed by atoms with Gasteiger partial charge in [-0.1, -0.05) is 0 Å². The minimum absolute atomic E-state index is 0.0571. The number of anilines is 1. The summed E-state index contributed by atoms with van der Waals surface area (Å²) in [5.41, 5.74) is -1.54. The first-order valence-electron chi connectivity index (χ1n) is 8.11. The monoisotopic (exact) mass is 402 g/mol. The molecule has 0 bridgehead atoms. The van der Waals surface area contributed by atoms with E-state index in [0.29, 0.717) is 0 Å². The van der Waals surface area contributed by atoms with Gasteiger partial charge in [0.1, 0.15) is 11.3 Å². The molecule has 0 fully saturated rings. The number of thiazole rings is 1. The lowest BCUT2D eigenvalue weighted by Gasteiger charge is -2.29. The summed E-state index contributed by atoms with van der Waals surface area (Å²) in [4.78, 5) is 46.4. The van der Waals surface area contributed by atoms with Gasteiger partial charge in [-0.05, 0) is 41.5 Å². The van der Waals surface area contributed by atoms with Gasteiger partial charge in [-0.25, -0.2) is 14.6 Å². The van der Waals surface area contributed by atoms with Gasteiger partial charge in [0.2, 0.25) is 17.0 Å². The highest BCUT2D eigenvalue weighted by atomic mass is 32.1. The van der Waals surface area contributed by atoms with Crippen molar-refractivity contribution in [2.45, 2.75) is 58.8 Å². The topological polar surface area (TPSA) is 104 Å². The summed E-state index contributed by atoms with van der Waals surface area (Å²) in [6.45, 7) is 10.4. The SMILES string of the molecule is COC(=O)C(OC)C(=O)c1csc(N(OC(C)(C)C)C(=O)OC(C)(C)C)n1. The fourth-order valence-corrected chi connectivity index (χ4v) is 2.50. The van der Waals surface area contributed by atoms with Crippen LogP contribution in [0.25, 0.3) is 0 Å². The minimum atomic E-state index is -1.44. The van der Waals surface area contributed by atoms with E-state index in [0.717, 1.165) is 23.5 Å². The Morgan fingerprint density at radius 1 is 1.07 bits per heavy atom. The third-order valence-corrected chi connectivity index (χ3v) is 3.54. The highest BCUT2D eigenvalue weighted by molar-refractivity contribution is 7.14. The maximum Gasteiger partial charge on any atom is 0.441 e. The van der Waals surface area contributed by atoms with Crippen LogP contribution in [0.1, 0.15) is 52.0 Å². The Labute approximate surface area is 162 Å². The predicted molar refractivity (Wildman–Crippen MR) is 98.8 cm³/mol. The highest BCUT2D eigenvalue weighted by Gasteiger charge is 2.34. The van der Waals surface area contributed by atoms with Gasteiger partial charge in [-0.2, -0.15) is 0 Å². The Kier molecular flexibility index (Phi) is 7.47. The molecule has 1 unspecified atom stereocenters. The Hall–Kier alpha value is -2.04. The molecule has 0 aliphatic carbocycles. The van der Waals surface area contributed by atoms with E-state index in [4.69, 9.17) is 14.3 Å². The maximum absolute atomic E-state index is 12.5. The summed E-state index contributed by atoms with van der Waals surface area (Å²) in [5, 5.41) is 2.38. The van der Waals surface area contributed by atoms with Crippen molar-refractivity contribution in [3.8, 4) is 0 Å². The van der Waals surface area contributed by atoms with E-state index in [1.165, 1.54) is 12.5 Å². The zero-order valence-corrected chi connectivity index (χ0v) is 17.6. The number of hydrogen-bond acceptors (Lipinski definition) is 9. The second-order valence-corrected chi connectivity index (χ2v) is 8.33. The van der Waals surface area contributed by atoms with Crippen molar-refractivity contribution in [2.75, 3.05) is 19.3 Å². The molecule has 1 aromatic heterocycles. The number of aromatic nitrogens is 1. The number of methoxy groups -OCH3 is 2. The Morgan fingerprint density at radius 2 is 1.67 bits per heavy atom. The maximum atomic E-state index is 12.5. The summed E-state index contributed by atoms with van der Waals surface area (Å²) >= 11 is 0.989. The van der Waals surface area contributed by atoms with Crippen molar-refractivity contribution >= 4 is 34.3 Å². The van der Waals surface area contributed by atoms with E-state index in [9.17, 15) is 14.4 Å². The lowest BCUT2D eigenvalue weighted by atomic mass is 10.2. The average Bonchev–Trinajstić information content (AvgIpc) is 3.00. The van der Waals surface area contributed by atoms with Crippen LogP contribution in [0, 0.1) is 0 Å². The van der Waals surface area contributed by atoms with Gasteiger partial charge in [0, 0.05) is 12.5 Å². The molecular formula is C17H26N2O7S. The number of ether oxygens (including phenoxy) is 3. The highest BCUT2D eigenvalue weighted by Crippen LogP contribution is 2.27. The molecule has 0 spiro atoms. The Morgan fingerprint density at radius 3 is 2.11 bits per heavy atom. The molecule has 0 aliphatic heterocycles. The van der Waals surface area contributed by atoms with Crippen molar-refractivity contribution in [3.63, 3.8) is 0 Å². The zero-order chi connectivity index (χ0) is 21.0. The summed E-state index contributed by atoms with van der Waals surface area (Å²) < 4.78 is 14.8. The van der Waals surface area contributed by atoms with Crippen LogP contribution in [-0.2, 0) is 23.8 Å². The molecule has 27 heavy (non-hydrogen) atoms. The molecule has 0 aliphatic rings. The normalized spacial score (nSPS) is 13.0. The van der Waals surface area contributed by atoms with Gasteiger partial charge in [0.05, 0.1) is 12.7 Å². The fourth-order valence-electron chi connectivity index (χ4n) is 1.75. The van der Waals surface area contributed by atoms with Crippen LogP contribution in [0.2, 0.25) is 0 Å². The molecule has 1 atom stereocenters. The van der Waals surface area contributed by atoms with E-state index < -0.39 is 35.2 Å². The fraction of sp³-hybridized carbons (Fsp3) is 0.647. The van der Waals surface area contributed by atoms with Crippen LogP contribution in [0.4, 0.5) is 9.93 Å². The molecular weight excluding hydrogens is 376 g/mol. The molecule has 1 rings (SSSR count). The Balaban J connectivity index is 3.17. The van der Waals surface area contributed by atoms with Crippen LogP contribution in [-0.4, -0.2) is 54.4 Å². The number of amides is 1. The van der Waals surface area contributed by atoms with E-state index in [2.05, 4.69) is 9.72 Å². The second-order valence-electron chi connectivity index (χ2n) is 7.50. The summed E-state index contributed by atoms with van der Waals surface area (Å²) in [7, 11) is 2.36. The third-order valence-electron chi connectivity index (χ3n) is 2.73. The summed E-state index contributed by atoms with van der Waals surface area (Å²) in [5.74, 6) is -1.53. The lowest BCUT2D eigenvalue weighted by molar-refractivity contribution is -0.149. The van der Waals surface area contributed by atoms with Crippen LogP contribution in [0.5, 0.6) is 0 Å².